The third-order valence-corrected chi connectivity index (χ3v) is 3.72. The van der Waals surface area contributed by atoms with Crippen molar-refractivity contribution in [2.75, 3.05) is 21.1 Å². The van der Waals surface area contributed by atoms with Crippen LogP contribution in [0, 0.1) is 0 Å². The molecule has 1 aliphatic heterocycles. The molecule has 1 heterocycles. The Labute approximate surface area is 81.2 Å². The summed E-state index contributed by atoms with van der Waals surface area (Å²) in [4.78, 5) is 6.16. The summed E-state index contributed by atoms with van der Waals surface area (Å²) in [7, 11) is 9.37. The maximum Gasteiger partial charge on any atom is 0.169 e. The van der Waals surface area contributed by atoms with Gasteiger partial charge in [0.1, 0.15) is 5.50 Å². The van der Waals surface area contributed by atoms with Gasteiger partial charge in [-0.3, -0.25) is 9.89 Å². The highest BCUT2D eigenvalue weighted by Gasteiger charge is 2.21. The molecule has 0 aromatic rings. The summed E-state index contributed by atoms with van der Waals surface area (Å²) in [6.45, 7) is 0. The molecule has 1 rings (SSSR count). The summed E-state index contributed by atoms with van der Waals surface area (Å²) in [5, 5.41) is 4.26. The molecule has 66 valence electrons. The van der Waals surface area contributed by atoms with Gasteiger partial charge in [-0.15, -0.1) is 12.4 Å². The maximum atomic E-state index is 4.04. The molecular formula is C5H12ClN3S2. The number of halogens is 1. The quantitative estimate of drug-likeness (QED) is 0.664. The molecule has 0 spiro atoms. The molecule has 0 aliphatic carbocycles. The van der Waals surface area contributed by atoms with Crippen molar-refractivity contribution in [1.82, 2.24) is 10.2 Å². The van der Waals surface area contributed by atoms with Crippen molar-refractivity contribution in [2.24, 2.45) is 4.99 Å². The van der Waals surface area contributed by atoms with Gasteiger partial charge in [-0.05, 0) is 35.7 Å². The maximum absolute atomic E-state index is 4.04. The van der Waals surface area contributed by atoms with Crippen LogP contribution in [0.3, 0.4) is 0 Å². The Kier molecular flexibility index (Phi) is 5.33. The number of nitrogens with zero attached hydrogens (tertiary/aromatic N) is 2. The molecule has 0 bridgehead atoms. The van der Waals surface area contributed by atoms with Gasteiger partial charge in [-0.1, -0.05) is 0 Å². The molecule has 0 aromatic heterocycles. The number of nitrogens with one attached hydrogen (secondary N) is 1. The molecule has 6 heteroatoms. The second-order valence-electron chi connectivity index (χ2n) is 2.17. The van der Waals surface area contributed by atoms with E-state index in [9.17, 15) is 0 Å². The van der Waals surface area contributed by atoms with E-state index in [1.807, 2.05) is 14.1 Å². The van der Waals surface area contributed by atoms with Crippen LogP contribution in [0.5, 0.6) is 0 Å². The SMILES string of the molecule is C/N=C1\NC(N(C)C)SS1.Cl. The first kappa shape index (κ1) is 11.4. The number of hydrogen-bond donors (Lipinski definition) is 1. The van der Waals surface area contributed by atoms with Crippen LogP contribution >= 0.6 is 34.0 Å². The van der Waals surface area contributed by atoms with Crippen molar-refractivity contribution in [3.63, 3.8) is 0 Å². The number of rotatable bonds is 1. The number of aliphatic imine (C=N–C) groups is 1. The summed E-state index contributed by atoms with van der Waals surface area (Å²) in [5.74, 6) is 0. The molecule has 0 amide bonds. The first-order valence-electron chi connectivity index (χ1n) is 2.97. The second kappa shape index (κ2) is 5.13. The highest BCUT2D eigenvalue weighted by atomic mass is 35.5. The van der Waals surface area contributed by atoms with Crippen LogP contribution in [-0.4, -0.2) is 36.7 Å². The van der Waals surface area contributed by atoms with Crippen molar-refractivity contribution in [3.8, 4) is 0 Å². The van der Waals surface area contributed by atoms with E-state index in [0.29, 0.717) is 5.50 Å². The summed E-state index contributed by atoms with van der Waals surface area (Å²) < 4.78 is 0. The summed E-state index contributed by atoms with van der Waals surface area (Å²) in [5.41, 5.74) is 0.378. The van der Waals surface area contributed by atoms with Gasteiger partial charge in [0.25, 0.3) is 0 Å². The lowest BCUT2D eigenvalue weighted by Gasteiger charge is -2.16. The van der Waals surface area contributed by atoms with Crippen molar-refractivity contribution < 1.29 is 0 Å². The lowest BCUT2D eigenvalue weighted by atomic mass is 10.8. The third-order valence-electron chi connectivity index (χ3n) is 1.14. The van der Waals surface area contributed by atoms with Gasteiger partial charge in [0.15, 0.2) is 5.17 Å². The van der Waals surface area contributed by atoms with Gasteiger partial charge in [0, 0.05) is 7.05 Å². The predicted molar refractivity (Wildman–Crippen MR) is 56.4 cm³/mol. The zero-order chi connectivity index (χ0) is 7.56. The van der Waals surface area contributed by atoms with E-state index in [0.717, 1.165) is 5.17 Å². The van der Waals surface area contributed by atoms with E-state index < -0.39 is 0 Å². The average Bonchev–Trinajstić information content (AvgIpc) is 2.34. The molecule has 1 N–H and O–H groups in total. The van der Waals surface area contributed by atoms with Crippen LogP contribution in [0.2, 0.25) is 0 Å². The third kappa shape index (κ3) is 3.11. The minimum absolute atomic E-state index is 0. The Bertz CT molecular complexity index is 151. The van der Waals surface area contributed by atoms with Gasteiger partial charge >= 0.3 is 0 Å². The largest absolute Gasteiger partial charge is 0.339 e. The minimum atomic E-state index is 0. The predicted octanol–water partition coefficient (Wildman–Crippen LogP) is 1.22. The van der Waals surface area contributed by atoms with E-state index in [1.165, 1.54) is 0 Å². The van der Waals surface area contributed by atoms with Crippen LogP contribution in [0.1, 0.15) is 0 Å². The topological polar surface area (TPSA) is 27.6 Å². The first-order chi connectivity index (χ1) is 4.74. The van der Waals surface area contributed by atoms with Crippen molar-refractivity contribution in [1.29, 1.82) is 0 Å². The first-order valence-corrected chi connectivity index (χ1v) is 5.18. The second-order valence-corrected chi connectivity index (χ2v) is 4.44. The van der Waals surface area contributed by atoms with E-state index in [1.54, 1.807) is 28.6 Å². The molecule has 1 saturated heterocycles. The van der Waals surface area contributed by atoms with Crippen LogP contribution in [0.15, 0.2) is 4.99 Å². The molecule has 0 saturated carbocycles. The Morgan fingerprint density at radius 3 is 2.45 bits per heavy atom. The molecule has 3 nitrogen and oxygen atoms in total. The molecule has 1 fully saturated rings. The molecule has 0 aromatic carbocycles. The lowest BCUT2D eigenvalue weighted by Crippen LogP contribution is -2.36. The van der Waals surface area contributed by atoms with E-state index in [2.05, 4.69) is 15.2 Å². The van der Waals surface area contributed by atoms with E-state index >= 15 is 0 Å². The molecule has 1 unspecified atom stereocenters. The Balaban J connectivity index is 0.000001000. The molecule has 11 heavy (non-hydrogen) atoms. The number of amidine groups is 1. The normalized spacial score (nSPS) is 26.9. The number of hydrogen-bond acceptors (Lipinski definition) is 4. The smallest absolute Gasteiger partial charge is 0.169 e. The fourth-order valence-corrected chi connectivity index (χ4v) is 2.96. The highest BCUT2D eigenvalue weighted by molar-refractivity contribution is 8.83. The highest BCUT2D eigenvalue weighted by Crippen LogP contribution is 2.33. The van der Waals surface area contributed by atoms with Crippen molar-refractivity contribution in [3.05, 3.63) is 0 Å². The zero-order valence-corrected chi connectivity index (χ0v) is 9.15. The fraction of sp³-hybridized carbons (Fsp3) is 0.800. The van der Waals surface area contributed by atoms with Gasteiger partial charge in [0.2, 0.25) is 0 Å². The van der Waals surface area contributed by atoms with Gasteiger partial charge in [0.05, 0.1) is 0 Å². The van der Waals surface area contributed by atoms with Crippen LogP contribution < -0.4 is 5.32 Å². The monoisotopic (exact) mass is 213 g/mol. The van der Waals surface area contributed by atoms with Gasteiger partial charge < -0.3 is 5.32 Å². The molecular weight excluding hydrogens is 202 g/mol. The fourth-order valence-electron chi connectivity index (χ4n) is 0.562. The van der Waals surface area contributed by atoms with Crippen molar-refractivity contribution in [2.45, 2.75) is 5.50 Å². The van der Waals surface area contributed by atoms with Crippen LogP contribution in [0.25, 0.3) is 0 Å². The van der Waals surface area contributed by atoms with E-state index in [-0.39, 0.29) is 12.4 Å². The van der Waals surface area contributed by atoms with Crippen molar-refractivity contribution >= 4 is 39.2 Å². The minimum Gasteiger partial charge on any atom is -0.339 e. The average molecular weight is 214 g/mol. The van der Waals surface area contributed by atoms with E-state index in [4.69, 9.17) is 0 Å². The zero-order valence-electron chi connectivity index (χ0n) is 6.70. The van der Waals surface area contributed by atoms with Crippen LogP contribution in [0.4, 0.5) is 0 Å². The van der Waals surface area contributed by atoms with Gasteiger partial charge in [-0.25, -0.2) is 0 Å². The summed E-state index contributed by atoms with van der Waals surface area (Å²) in [6.07, 6.45) is 0. The standard InChI is InChI=1S/C5H11N3S2.ClH/c1-6-4-7-5(8(2)3)10-9-4;/h5H,1-3H3,(H,6,7);1H. The Hall–Kier alpha value is 0.420. The molecule has 1 atom stereocenters. The Morgan fingerprint density at radius 1 is 1.55 bits per heavy atom. The lowest BCUT2D eigenvalue weighted by molar-refractivity contribution is 0.371. The summed E-state index contributed by atoms with van der Waals surface area (Å²) >= 11 is 0. The van der Waals surface area contributed by atoms with Gasteiger partial charge in [-0.2, -0.15) is 0 Å². The van der Waals surface area contributed by atoms with Crippen LogP contribution in [-0.2, 0) is 0 Å². The molecule has 0 radical (unpaired) electrons. The molecule has 1 aliphatic rings. The Morgan fingerprint density at radius 2 is 2.18 bits per heavy atom. The summed E-state index contributed by atoms with van der Waals surface area (Å²) in [6, 6.07) is 0.